The van der Waals surface area contributed by atoms with Crippen LogP contribution in [0.3, 0.4) is 0 Å². The molecule has 1 heterocycles. The molecule has 41 heavy (non-hydrogen) atoms. The lowest BCUT2D eigenvalue weighted by molar-refractivity contribution is -0.384. The van der Waals surface area contributed by atoms with E-state index in [0.29, 0.717) is 17.5 Å². The van der Waals surface area contributed by atoms with Crippen LogP contribution in [-0.2, 0) is 11.3 Å². The van der Waals surface area contributed by atoms with Crippen LogP contribution in [0.15, 0.2) is 79.0 Å². The molecule has 1 amide bonds. The number of non-ortho nitro benzene ring substituents is 1. The monoisotopic (exact) mass is 558 g/mol. The van der Waals surface area contributed by atoms with Gasteiger partial charge in [-0.25, -0.2) is 4.39 Å². The van der Waals surface area contributed by atoms with Crippen LogP contribution >= 0.6 is 0 Å². The van der Waals surface area contributed by atoms with Gasteiger partial charge < -0.3 is 14.8 Å². The second kappa shape index (κ2) is 14.0. The Kier molecular flexibility index (Phi) is 10.2. The molecule has 0 radical (unpaired) electrons. The smallest absolute Gasteiger partial charge is 0.270 e. The lowest BCUT2D eigenvalue weighted by Gasteiger charge is -2.21. The number of benzene rings is 3. The standard InChI is InChI=1S/C33H39FN4O3/c1-4-36(5-2)18-10-11-24(3)35-33(39)21-29(26-14-9-15-27(34)19-26)31-23-37(22-25-12-7-6-8-13-25)32-17-16-28(38(40)41)20-30(31)32/h6-9,12-17,19-20,23-24,29H,4-5,10-11,18,21-22H2,1-3H3,(H,35,39). The topological polar surface area (TPSA) is 80.4 Å². The van der Waals surface area contributed by atoms with Gasteiger partial charge in [0.1, 0.15) is 5.82 Å². The number of nitro benzene ring substituents is 1. The molecule has 2 atom stereocenters. The molecule has 2 unspecified atom stereocenters. The molecule has 0 spiro atoms. The van der Waals surface area contributed by atoms with Crippen LogP contribution in [0.4, 0.5) is 10.1 Å². The van der Waals surface area contributed by atoms with Crippen molar-refractivity contribution in [1.82, 2.24) is 14.8 Å². The van der Waals surface area contributed by atoms with Crippen LogP contribution in [0, 0.1) is 15.9 Å². The summed E-state index contributed by atoms with van der Waals surface area (Å²) in [7, 11) is 0. The van der Waals surface area contributed by atoms with E-state index in [4.69, 9.17) is 0 Å². The summed E-state index contributed by atoms with van der Waals surface area (Å²) in [4.78, 5) is 27.0. The molecule has 0 saturated heterocycles. The van der Waals surface area contributed by atoms with Crippen molar-refractivity contribution in [2.45, 2.75) is 58.5 Å². The van der Waals surface area contributed by atoms with Gasteiger partial charge in [-0.05, 0) is 74.3 Å². The van der Waals surface area contributed by atoms with Gasteiger partial charge in [-0.1, -0.05) is 56.3 Å². The van der Waals surface area contributed by atoms with E-state index in [1.807, 2.05) is 54.1 Å². The molecule has 1 N–H and O–H groups in total. The molecular weight excluding hydrogens is 519 g/mol. The van der Waals surface area contributed by atoms with Crippen molar-refractivity contribution in [3.05, 3.63) is 112 Å². The number of hydrogen-bond acceptors (Lipinski definition) is 4. The van der Waals surface area contributed by atoms with Gasteiger partial charge in [0.15, 0.2) is 0 Å². The second-order valence-corrected chi connectivity index (χ2v) is 10.6. The molecule has 0 saturated carbocycles. The number of nitro groups is 1. The molecule has 7 nitrogen and oxygen atoms in total. The Bertz CT molecular complexity index is 1470. The number of aromatic nitrogens is 1. The molecule has 216 valence electrons. The van der Waals surface area contributed by atoms with Crippen LogP contribution in [0.2, 0.25) is 0 Å². The van der Waals surface area contributed by atoms with Crippen LogP contribution in [-0.4, -0.2) is 46.0 Å². The Morgan fingerprint density at radius 3 is 2.49 bits per heavy atom. The zero-order chi connectivity index (χ0) is 29.4. The third-order valence-electron chi connectivity index (χ3n) is 7.73. The first kappa shape index (κ1) is 29.9. The summed E-state index contributed by atoms with van der Waals surface area (Å²) in [5.41, 5.74) is 3.28. The highest BCUT2D eigenvalue weighted by molar-refractivity contribution is 5.88. The Morgan fingerprint density at radius 2 is 1.80 bits per heavy atom. The Hall–Kier alpha value is -4.04. The zero-order valence-corrected chi connectivity index (χ0v) is 24.1. The van der Waals surface area contributed by atoms with E-state index >= 15 is 0 Å². The predicted octanol–water partition coefficient (Wildman–Crippen LogP) is 6.89. The maximum atomic E-state index is 14.4. The first-order valence-corrected chi connectivity index (χ1v) is 14.4. The average molecular weight is 559 g/mol. The van der Waals surface area contributed by atoms with Gasteiger partial charge in [-0.3, -0.25) is 14.9 Å². The van der Waals surface area contributed by atoms with Crippen LogP contribution in [0.25, 0.3) is 10.9 Å². The van der Waals surface area contributed by atoms with E-state index in [0.717, 1.165) is 49.1 Å². The molecule has 3 aromatic carbocycles. The number of fused-ring (bicyclic) bond motifs is 1. The summed E-state index contributed by atoms with van der Waals surface area (Å²) < 4.78 is 16.5. The van der Waals surface area contributed by atoms with Crippen LogP contribution in [0.1, 0.15) is 62.6 Å². The zero-order valence-electron chi connectivity index (χ0n) is 24.1. The molecule has 4 rings (SSSR count). The summed E-state index contributed by atoms with van der Waals surface area (Å²) >= 11 is 0. The van der Waals surface area contributed by atoms with E-state index in [2.05, 4.69) is 24.1 Å². The van der Waals surface area contributed by atoms with E-state index in [9.17, 15) is 19.3 Å². The third kappa shape index (κ3) is 7.79. The molecule has 0 aliphatic carbocycles. The van der Waals surface area contributed by atoms with E-state index in [-0.39, 0.29) is 24.1 Å². The first-order valence-electron chi connectivity index (χ1n) is 14.4. The number of rotatable bonds is 14. The highest BCUT2D eigenvalue weighted by Gasteiger charge is 2.25. The lowest BCUT2D eigenvalue weighted by Crippen LogP contribution is -2.34. The molecule has 4 aromatic rings. The van der Waals surface area contributed by atoms with Crippen molar-refractivity contribution in [3.63, 3.8) is 0 Å². The fourth-order valence-corrected chi connectivity index (χ4v) is 5.50. The fraction of sp³-hybridized carbons (Fsp3) is 0.364. The van der Waals surface area contributed by atoms with Gasteiger partial charge in [0, 0.05) is 54.2 Å². The number of hydrogen-bond donors (Lipinski definition) is 1. The van der Waals surface area contributed by atoms with Crippen molar-refractivity contribution in [2.24, 2.45) is 0 Å². The Morgan fingerprint density at radius 1 is 1.05 bits per heavy atom. The molecular formula is C33H39FN4O3. The maximum absolute atomic E-state index is 14.4. The molecule has 1 aromatic heterocycles. The predicted molar refractivity (Wildman–Crippen MR) is 162 cm³/mol. The van der Waals surface area contributed by atoms with Gasteiger partial charge >= 0.3 is 0 Å². The van der Waals surface area contributed by atoms with Gasteiger partial charge in [0.2, 0.25) is 5.91 Å². The quantitative estimate of drug-likeness (QED) is 0.135. The van der Waals surface area contributed by atoms with Crippen molar-refractivity contribution < 1.29 is 14.1 Å². The fourth-order valence-electron chi connectivity index (χ4n) is 5.50. The second-order valence-electron chi connectivity index (χ2n) is 10.6. The van der Waals surface area contributed by atoms with Crippen LogP contribution < -0.4 is 5.32 Å². The highest BCUT2D eigenvalue weighted by atomic mass is 19.1. The number of halogens is 1. The number of carbonyl (C=O) groups is 1. The number of nitrogens with one attached hydrogen (secondary N) is 1. The van der Waals surface area contributed by atoms with Crippen molar-refractivity contribution >= 4 is 22.5 Å². The van der Waals surface area contributed by atoms with E-state index in [1.165, 1.54) is 18.2 Å². The summed E-state index contributed by atoms with van der Waals surface area (Å²) in [6.07, 6.45) is 3.89. The minimum atomic E-state index is -0.491. The van der Waals surface area contributed by atoms with Gasteiger partial charge in [0.05, 0.1) is 4.92 Å². The van der Waals surface area contributed by atoms with E-state index < -0.39 is 16.7 Å². The van der Waals surface area contributed by atoms with Gasteiger partial charge in [-0.15, -0.1) is 0 Å². The minimum absolute atomic E-state index is 0.00766. The van der Waals surface area contributed by atoms with Crippen molar-refractivity contribution in [2.75, 3.05) is 19.6 Å². The largest absolute Gasteiger partial charge is 0.354 e. The summed E-state index contributed by atoms with van der Waals surface area (Å²) in [6.45, 7) is 9.84. The van der Waals surface area contributed by atoms with Crippen LogP contribution in [0.5, 0.6) is 0 Å². The number of nitrogens with zero attached hydrogens (tertiary/aromatic N) is 3. The SMILES string of the molecule is CCN(CC)CCCC(C)NC(=O)CC(c1cccc(F)c1)c1cn(Cc2ccccc2)c2ccc([N+](=O)[O-])cc12. The lowest BCUT2D eigenvalue weighted by atomic mass is 9.87. The first-order chi connectivity index (χ1) is 19.8. The molecule has 0 fully saturated rings. The number of amides is 1. The highest BCUT2D eigenvalue weighted by Crippen LogP contribution is 2.37. The third-order valence-corrected chi connectivity index (χ3v) is 7.73. The summed E-state index contributed by atoms with van der Waals surface area (Å²) in [5, 5.41) is 15.5. The van der Waals surface area contributed by atoms with Gasteiger partial charge in [-0.2, -0.15) is 0 Å². The minimum Gasteiger partial charge on any atom is -0.354 e. The number of carbonyl (C=O) groups excluding carboxylic acids is 1. The Balaban J connectivity index is 1.67. The molecule has 0 aliphatic heterocycles. The molecule has 0 aliphatic rings. The maximum Gasteiger partial charge on any atom is 0.270 e. The van der Waals surface area contributed by atoms with Gasteiger partial charge in [0.25, 0.3) is 5.69 Å². The Labute approximate surface area is 241 Å². The summed E-state index contributed by atoms with van der Waals surface area (Å²) in [5.74, 6) is -1.02. The summed E-state index contributed by atoms with van der Waals surface area (Å²) in [6, 6.07) is 21.0. The molecule has 0 bridgehead atoms. The van der Waals surface area contributed by atoms with E-state index in [1.54, 1.807) is 18.2 Å². The normalized spacial score (nSPS) is 12.9. The average Bonchev–Trinajstić information content (AvgIpc) is 3.31. The molecule has 8 heteroatoms. The van der Waals surface area contributed by atoms with Crippen molar-refractivity contribution in [3.8, 4) is 0 Å². The van der Waals surface area contributed by atoms with Crippen molar-refractivity contribution in [1.29, 1.82) is 0 Å².